The predicted molar refractivity (Wildman–Crippen MR) is 56.8 cm³/mol. The number of unbranched alkanes of at least 4 members (excludes halogenated alkanes) is 3. The van der Waals surface area contributed by atoms with Gasteiger partial charge in [0.1, 0.15) is 0 Å². The van der Waals surface area contributed by atoms with Crippen LogP contribution >= 0.6 is 0 Å². The molecule has 4 N–H and O–H groups in total. The predicted octanol–water partition coefficient (Wildman–Crippen LogP) is 0.393. The van der Waals surface area contributed by atoms with E-state index in [4.69, 9.17) is 10.8 Å². The van der Waals surface area contributed by atoms with Crippen LogP contribution in [0.5, 0.6) is 0 Å². The van der Waals surface area contributed by atoms with Crippen molar-refractivity contribution in [2.24, 2.45) is 5.73 Å². The molecule has 1 amide bonds. The van der Waals surface area contributed by atoms with Crippen LogP contribution in [0, 0.1) is 0 Å². The highest BCUT2D eigenvalue weighted by Gasteiger charge is 2.10. The SMILES string of the molecule is CCC(NCCCCCCO)C(N)=O. The Balaban J connectivity index is 3.29. The quantitative estimate of drug-likeness (QED) is 0.473. The molecular weight excluding hydrogens is 180 g/mol. The average molecular weight is 202 g/mol. The summed E-state index contributed by atoms with van der Waals surface area (Å²) in [6.45, 7) is 3.04. The van der Waals surface area contributed by atoms with Gasteiger partial charge in [0.25, 0.3) is 0 Å². The lowest BCUT2D eigenvalue weighted by molar-refractivity contribution is -0.120. The van der Waals surface area contributed by atoms with Gasteiger partial charge in [-0.05, 0) is 25.8 Å². The molecule has 0 radical (unpaired) electrons. The van der Waals surface area contributed by atoms with E-state index in [1.807, 2.05) is 6.92 Å². The number of primary amides is 1. The molecule has 84 valence electrons. The lowest BCUT2D eigenvalue weighted by atomic mass is 10.1. The summed E-state index contributed by atoms with van der Waals surface area (Å²) in [4.78, 5) is 10.8. The summed E-state index contributed by atoms with van der Waals surface area (Å²) in [5.74, 6) is -0.275. The van der Waals surface area contributed by atoms with E-state index < -0.39 is 0 Å². The summed E-state index contributed by atoms with van der Waals surface area (Å²) >= 11 is 0. The van der Waals surface area contributed by atoms with Crippen molar-refractivity contribution in [3.63, 3.8) is 0 Å². The Morgan fingerprint density at radius 2 is 2.00 bits per heavy atom. The van der Waals surface area contributed by atoms with Crippen LogP contribution in [-0.4, -0.2) is 30.2 Å². The van der Waals surface area contributed by atoms with E-state index in [0.717, 1.165) is 38.6 Å². The molecule has 0 saturated heterocycles. The molecule has 0 aliphatic carbocycles. The van der Waals surface area contributed by atoms with Gasteiger partial charge in [-0.2, -0.15) is 0 Å². The minimum Gasteiger partial charge on any atom is -0.396 e. The number of aliphatic hydroxyl groups excluding tert-OH is 1. The molecule has 0 aromatic rings. The van der Waals surface area contributed by atoms with Crippen molar-refractivity contribution < 1.29 is 9.90 Å². The first-order valence-corrected chi connectivity index (χ1v) is 5.36. The smallest absolute Gasteiger partial charge is 0.234 e. The first-order chi connectivity index (χ1) is 6.72. The van der Waals surface area contributed by atoms with Crippen LogP contribution in [0.1, 0.15) is 39.0 Å². The number of rotatable bonds is 9. The molecule has 0 aliphatic rings. The van der Waals surface area contributed by atoms with Crippen molar-refractivity contribution in [2.75, 3.05) is 13.2 Å². The van der Waals surface area contributed by atoms with Gasteiger partial charge in [0.2, 0.25) is 5.91 Å². The molecule has 0 rings (SSSR count). The van der Waals surface area contributed by atoms with E-state index in [0.29, 0.717) is 0 Å². The summed E-state index contributed by atoms with van der Waals surface area (Å²) in [5, 5.41) is 11.7. The number of hydrogen-bond acceptors (Lipinski definition) is 3. The van der Waals surface area contributed by atoms with E-state index in [9.17, 15) is 4.79 Å². The Labute approximate surface area is 85.9 Å². The van der Waals surface area contributed by atoms with Crippen LogP contribution in [0.4, 0.5) is 0 Å². The first-order valence-electron chi connectivity index (χ1n) is 5.36. The van der Waals surface area contributed by atoms with Gasteiger partial charge in [0, 0.05) is 6.61 Å². The second-order valence-electron chi connectivity index (χ2n) is 3.46. The molecule has 0 aromatic heterocycles. The van der Waals surface area contributed by atoms with Gasteiger partial charge in [-0.3, -0.25) is 4.79 Å². The zero-order valence-corrected chi connectivity index (χ0v) is 8.96. The standard InChI is InChI=1S/C10H22N2O2/c1-2-9(10(11)14)12-7-5-3-4-6-8-13/h9,12-13H,2-8H2,1H3,(H2,11,14). The molecule has 0 bridgehead atoms. The Hall–Kier alpha value is -0.610. The molecule has 1 unspecified atom stereocenters. The number of hydrogen-bond donors (Lipinski definition) is 3. The lowest BCUT2D eigenvalue weighted by Crippen LogP contribution is -2.41. The zero-order valence-electron chi connectivity index (χ0n) is 8.96. The number of carbonyl (C=O) groups is 1. The normalized spacial score (nSPS) is 12.7. The molecule has 14 heavy (non-hydrogen) atoms. The van der Waals surface area contributed by atoms with E-state index in [-0.39, 0.29) is 18.6 Å². The van der Waals surface area contributed by atoms with Crippen molar-refractivity contribution >= 4 is 5.91 Å². The van der Waals surface area contributed by atoms with Crippen LogP contribution < -0.4 is 11.1 Å². The molecule has 0 spiro atoms. The fourth-order valence-corrected chi connectivity index (χ4v) is 1.31. The maximum Gasteiger partial charge on any atom is 0.234 e. The molecule has 0 saturated carbocycles. The van der Waals surface area contributed by atoms with Gasteiger partial charge in [-0.25, -0.2) is 0 Å². The van der Waals surface area contributed by atoms with Gasteiger partial charge in [0.05, 0.1) is 6.04 Å². The minimum absolute atomic E-state index is 0.187. The highest BCUT2D eigenvalue weighted by atomic mass is 16.2. The van der Waals surface area contributed by atoms with E-state index >= 15 is 0 Å². The fourth-order valence-electron chi connectivity index (χ4n) is 1.31. The Bertz CT molecular complexity index is 151. The number of carbonyl (C=O) groups excluding carboxylic acids is 1. The van der Waals surface area contributed by atoms with Crippen molar-refractivity contribution in [1.82, 2.24) is 5.32 Å². The Kier molecular flexibility index (Phi) is 8.57. The Morgan fingerprint density at radius 3 is 2.50 bits per heavy atom. The summed E-state index contributed by atoms with van der Waals surface area (Å²) in [5.41, 5.74) is 5.18. The van der Waals surface area contributed by atoms with Crippen LogP contribution in [0.25, 0.3) is 0 Å². The second kappa shape index (κ2) is 8.97. The third-order valence-corrected chi connectivity index (χ3v) is 2.23. The number of nitrogens with two attached hydrogens (primary N) is 1. The molecule has 0 heterocycles. The van der Waals surface area contributed by atoms with Gasteiger partial charge < -0.3 is 16.2 Å². The number of aliphatic hydroxyl groups is 1. The molecule has 4 heteroatoms. The zero-order chi connectivity index (χ0) is 10.8. The first kappa shape index (κ1) is 13.4. The second-order valence-corrected chi connectivity index (χ2v) is 3.46. The molecule has 0 aliphatic heterocycles. The summed E-state index contributed by atoms with van der Waals surface area (Å²) < 4.78 is 0. The average Bonchev–Trinajstić information content (AvgIpc) is 2.16. The van der Waals surface area contributed by atoms with Gasteiger partial charge in [0.15, 0.2) is 0 Å². The summed E-state index contributed by atoms with van der Waals surface area (Å²) in [6, 6.07) is -0.187. The van der Waals surface area contributed by atoms with Crippen molar-refractivity contribution in [2.45, 2.75) is 45.1 Å². The molecule has 0 aromatic carbocycles. The summed E-state index contributed by atoms with van der Waals surface area (Å²) in [6.07, 6.45) is 4.77. The van der Waals surface area contributed by atoms with Crippen molar-refractivity contribution in [1.29, 1.82) is 0 Å². The molecule has 0 fully saturated rings. The maximum absolute atomic E-state index is 10.8. The van der Waals surface area contributed by atoms with Crippen molar-refractivity contribution in [3.8, 4) is 0 Å². The monoisotopic (exact) mass is 202 g/mol. The molecule has 4 nitrogen and oxygen atoms in total. The van der Waals surface area contributed by atoms with E-state index in [1.165, 1.54) is 0 Å². The maximum atomic E-state index is 10.8. The number of amides is 1. The van der Waals surface area contributed by atoms with E-state index in [2.05, 4.69) is 5.32 Å². The van der Waals surface area contributed by atoms with Gasteiger partial charge in [-0.15, -0.1) is 0 Å². The van der Waals surface area contributed by atoms with Crippen LogP contribution in [0.2, 0.25) is 0 Å². The third kappa shape index (κ3) is 6.86. The third-order valence-electron chi connectivity index (χ3n) is 2.23. The van der Waals surface area contributed by atoms with Crippen LogP contribution in [0.3, 0.4) is 0 Å². The van der Waals surface area contributed by atoms with Gasteiger partial charge >= 0.3 is 0 Å². The highest BCUT2D eigenvalue weighted by Crippen LogP contribution is 1.98. The molecular formula is C10H22N2O2. The topological polar surface area (TPSA) is 75.3 Å². The Morgan fingerprint density at radius 1 is 1.36 bits per heavy atom. The van der Waals surface area contributed by atoms with Crippen LogP contribution in [0.15, 0.2) is 0 Å². The fraction of sp³-hybridized carbons (Fsp3) is 0.900. The largest absolute Gasteiger partial charge is 0.396 e. The minimum atomic E-state index is -0.275. The van der Waals surface area contributed by atoms with Crippen molar-refractivity contribution in [3.05, 3.63) is 0 Å². The summed E-state index contributed by atoms with van der Waals surface area (Å²) in [7, 11) is 0. The lowest BCUT2D eigenvalue weighted by Gasteiger charge is -2.12. The highest BCUT2D eigenvalue weighted by molar-refractivity contribution is 5.79. The van der Waals surface area contributed by atoms with Gasteiger partial charge in [-0.1, -0.05) is 19.8 Å². The van der Waals surface area contributed by atoms with E-state index in [1.54, 1.807) is 0 Å². The van der Waals surface area contributed by atoms with Crippen LogP contribution in [-0.2, 0) is 4.79 Å². The number of nitrogens with one attached hydrogen (secondary N) is 1. The molecule has 1 atom stereocenters.